The van der Waals surface area contributed by atoms with Gasteiger partial charge in [-0.25, -0.2) is 0 Å². The third kappa shape index (κ3) is 13.6. The second-order valence-electron chi connectivity index (χ2n) is 33.3. The molecule has 0 saturated heterocycles. The van der Waals surface area contributed by atoms with Gasteiger partial charge in [0.25, 0.3) is 0 Å². The molecule has 0 aliphatic heterocycles. The summed E-state index contributed by atoms with van der Waals surface area (Å²) in [6, 6.07) is 27.1. The lowest BCUT2D eigenvalue weighted by molar-refractivity contribution is 0.133. The SMILES string of the molecule is C=C1Cc2c(C)c3c(c(C)c2C1)CC(=C)C3.CC1(C)CCC(C)(C)CC1.CC1=Cc2c(C)c3c(c(C)c2C1)CC(C)C3.Cc1c2c(c(C)c3c1CC(C)C3)CC(C)C2.Cc1ccc2c(C)c3cc(C)ccc3c(C)c2c1.Cc1ccc2cc3c(C)c(C)ccc3cc2c1C. The van der Waals surface area contributed by atoms with Crippen LogP contribution in [0.25, 0.3) is 49.2 Å². The molecular weight excluding hydrogens is 1130 g/mol. The van der Waals surface area contributed by atoms with Crippen LogP contribution in [0.15, 0.2) is 103 Å². The lowest BCUT2D eigenvalue weighted by Gasteiger charge is -2.39. The van der Waals surface area contributed by atoms with E-state index in [-0.39, 0.29) is 0 Å². The molecule has 492 valence electrons. The lowest BCUT2D eigenvalue weighted by atomic mass is 9.67. The molecule has 0 N–H and O–H groups in total. The van der Waals surface area contributed by atoms with Crippen LogP contribution in [-0.4, -0.2) is 0 Å². The molecule has 0 amide bonds. The Morgan fingerprint density at radius 3 is 0.947 bits per heavy atom. The summed E-state index contributed by atoms with van der Waals surface area (Å²) in [5.74, 6) is 2.58. The van der Waals surface area contributed by atoms with Crippen molar-refractivity contribution in [3.8, 4) is 0 Å². The van der Waals surface area contributed by atoms with Crippen molar-refractivity contribution in [2.75, 3.05) is 0 Å². The predicted molar refractivity (Wildman–Crippen MR) is 415 cm³/mol. The summed E-state index contributed by atoms with van der Waals surface area (Å²) < 4.78 is 0. The molecule has 16 rings (SSSR count). The van der Waals surface area contributed by atoms with Gasteiger partial charge in [0.2, 0.25) is 0 Å². The Balaban J connectivity index is 0.000000116. The number of allylic oxidation sites excluding steroid dienone is 3. The molecule has 1 atom stereocenters. The Hall–Kier alpha value is -6.76. The average Bonchev–Trinajstić information content (AvgIpc) is 1.12. The summed E-state index contributed by atoms with van der Waals surface area (Å²) in [5.41, 5.74) is 45.6. The van der Waals surface area contributed by atoms with Gasteiger partial charge in [0.1, 0.15) is 0 Å². The first-order valence-corrected chi connectivity index (χ1v) is 36.5. The zero-order valence-electron chi connectivity index (χ0n) is 62.8. The average molecular weight is 1250 g/mol. The van der Waals surface area contributed by atoms with Gasteiger partial charge in [-0.2, -0.15) is 0 Å². The molecule has 0 nitrogen and oxygen atoms in total. The molecule has 7 aliphatic rings. The Morgan fingerprint density at radius 2 is 0.606 bits per heavy atom. The maximum Gasteiger partial charge on any atom is -0.00578 e. The molecule has 0 bridgehead atoms. The van der Waals surface area contributed by atoms with Crippen LogP contribution in [0.1, 0.15) is 226 Å². The summed E-state index contributed by atoms with van der Waals surface area (Å²) in [7, 11) is 0. The highest BCUT2D eigenvalue weighted by Crippen LogP contribution is 2.46. The minimum atomic E-state index is 0.634. The van der Waals surface area contributed by atoms with Crippen LogP contribution in [-0.2, 0) is 70.6 Å². The van der Waals surface area contributed by atoms with Crippen molar-refractivity contribution < 1.29 is 0 Å². The quantitative estimate of drug-likeness (QED) is 0.105. The van der Waals surface area contributed by atoms with E-state index in [1.54, 1.807) is 89.0 Å². The molecule has 94 heavy (non-hydrogen) atoms. The van der Waals surface area contributed by atoms with Crippen LogP contribution < -0.4 is 0 Å². The Morgan fingerprint density at radius 1 is 0.298 bits per heavy atom. The number of rotatable bonds is 0. The molecule has 1 saturated carbocycles. The van der Waals surface area contributed by atoms with Crippen molar-refractivity contribution in [1.29, 1.82) is 0 Å². The second kappa shape index (κ2) is 26.7. The van der Waals surface area contributed by atoms with Crippen molar-refractivity contribution in [2.45, 2.75) is 249 Å². The van der Waals surface area contributed by atoms with Gasteiger partial charge in [-0.1, -0.05) is 156 Å². The van der Waals surface area contributed by atoms with E-state index in [0.717, 1.165) is 43.4 Å². The minimum absolute atomic E-state index is 0.634. The van der Waals surface area contributed by atoms with E-state index in [1.807, 2.05) is 0 Å². The predicted octanol–water partition coefficient (Wildman–Crippen LogP) is 25.4. The molecule has 0 spiro atoms. The highest BCUT2D eigenvalue weighted by atomic mass is 14.4. The van der Waals surface area contributed by atoms with E-state index >= 15 is 0 Å². The second-order valence-corrected chi connectivity index (χ2v) is 33.3. The van der Waals surface area contributed by atoms with Gasteiger partial charge in [-0.05, 0) is 417 Å². The molecule has 1 unspecified atom stereocenters. The number of aryl methyl sites for hydroxylation is 8. The van der Waals surface area contributed by atoms with E-state index < -0.39 is 0 Å². The number of benzene rings is 9. The highest BCUT2D eigenvalue weighted by molar-refractivity contribution is 6.06. The highest BCUT2D eigenvalue weighted by Gasteiger charge is 2.33. The smallest absolute Gasteiger partial charge is 0.00578 e. The summed E-state index contributed by atoms with van der Waals surface area (Å²) in [5, 5.41) is 11.0. The van der Waals surface area contributed by atoms with Gasteiger partial charge >= 0.3 is 0 Å². The fourth-order valence-electron chi connectivity index (χ4n) is 18.0. The fourth-order valence-corrected chi connectivity index (χ4v) is 18.0. The monoisotopic (exact) mass is 1240 g/mol. The van der Waals surface area contributed by atoms with Crippen molar-refractivity contribution in [1.82, 2.24) is 0 Å². The number of hydrogen-bond acceptors (Lipinski definition) is 0. The van der Waals surface area contributed by atoms with E-state index in [0.29, 0.717) is 10.8 Å². The van der Waals surface area contributed by atoms with Crippen LogP contribution >= 0.6 is 0 Å². The molecule has 0 aromatic heterocycles. The van der Waals surface area contributed by atoms with Crippen molar-refractivity contribution in [2.24, 2.45) is 28.6 Å². The first-order valence-electron chi connectivity index (χ1n) is 36.5. The standard InChI is InChI=1S/2C18H18.C16H22.C16H20.C16H18.C10H20/c1-11-5-7-15-10-18-14(4)12(2)6-8-16(18)9-17(15)13(11)3;1-11-5-7-15-14(4)18-10-12(2)6-8-16(18)13(3)17(15)9-11;3*1-9-5-13-11(3)15-7-10(2)8-16(15)12(4)14(13)6-9;1-9(2)5-7-10(3,4)8-6-9/h2*5-10H,1-4H3;9-10H,5-8H2,1-4H3;5,10H,6-8H2,1-4H3;1-2,5-8H2,3-4H3;5-8H2,1-4H3. The third-order valence-corrected chi connectivity index (χ3v) is 24.6. The molecule has 1 fully saturated rings. The van der Waals surface area contributed by atoms with Crippen LogP contribution in [0.2, 0.25) is 0 Å². The molecule has 9 aromatic rings. The van der Waals surface area contributed by atoms with E-state index in [4.69, 9.17) is 0 Å². The number of hydrogen-bond donors (Lipinski definition) is 0. The largest absolute Gasteiger partial charge is 0.0992 e. The molecule has 9 aromatic carbocycles. The van der Waals surface area contributed by atoms with Crippen LogP contribution in [0.4, 0.5) is 0 Å². The molecule has 0 radical (unpaired) electrons. The van der Waals surface area contributed by atoms with Gasteiger partial charge < -0.3 is 0 Å². The fraction of sp³-hybridized carbons (Fsp3) is 0.447. The van der Waals surface area contributed by atoms with E-state index in [1.165, 1.54) is 186 Å². The minimum Gasteiger partial charge on any atom is -0.0992 e. The van der Waals surface area contributed by atoms with Gasteiger partial charge in [-0.15, -0.1) is 0 Å². The molecule has 7 aliphatic carbocycles. The maximum atomic E-state index is 4.15. The maximum absolute atomic E-state index is 4.15. The first kappa shape index (κ1) is 68.6. The zero-order valence-corrected chi connectivity index (χ0v) is 62.8. The van der Waals surface area contributed by atoms with Gasteiger partial charge in [0.05, 0.1) is 0 Å². The zero-order chi connectivity index (χ0) is 67.9. The van der Waals surface area contributed by atoms with Crippen molar-refractivity contribution in [3.05, 3.63) is 247 Å². The van der Waals surface area contributed by atoms with E-state index in [2.05, 4.69) is 244 Å². The molecule has 0 heteroatoms. The molecule has 0 heterocycles. The summed E-state index contributed by atoms with van der Waals surface area (Å²) >= 11 is 0. The summed E-state index contributed by atoms with van der Waals surface area (Å²) in [6.07, 6.45) is 21.5. The third-order valence-electron chi connectivity index (χ3n) is 24.6. The van der Waals surface area contributed by atoms with Crippen molar-refractivity contribution >= 4 is 49.2 Å². The summed E-state index contributed by atoms with van der Waals surface area (Å²) in [4.78, 5) is 0. The van der Waals surface area contributed by atoms with Crippen LogP contribution in [0.5, 0.6) is 0 Å². The first-order chi connectivity index (χ1) is 44.3. The number of fused-ring (bicyclic) bond motifs is 10. The Kier molecular flexibility index (Phi) is 19.5. The van der Waals surface area contributed by atoms with E-state index in [9.17, 15) is 0 Å². The van der Waals surface area contributed by atoms with Crippen LogP contribution in [0.3, 0.4) is 0 Å². The summed E-state index contributed by atoms with van der Waals surface area (Å²) in [6.45, 7) is 58.8. The Bertz CT molecular complexity index is 4220. The van der Waals surface area contributed by atoms with Gasteiger partial charge in [0.15, 0.2) is 0 Å². The Labute approximate surface area is 570 Å². The molecular formula is C94H116. The van der Waals surface area contributed by atoms with Crippen molar-refractivity contribution in [3.63, 3.8) is 0 Å². The normalized spacial score (nSPS) is 17.8. The van der Waals surface area contributed by atoms with Gasteiger partial charge in [-0.3, -0.25) is 0 Å². The lowest BCUT2D eigenvalue weighted by Crippen LogP contribution is -2.26. The van der Waals surface area contributed by atoms with Gasteiger partial charge in [0, 0.05) is 0 Å². The topological polar surface area (TPSA) is 0 Å². The van der Waals surface area contributed by atoms with Crippen LogP contribution in [0, 0.1) is 126 Å².